The largest absolute Gasteiger partial charge is 0.487 e. The summed E-state index contributed by atoms with van der Waals surface area (Å²) < 4.78 is 62.8. The highest BCUT2D eigenvalue weighted by atomic mass is 79.9. The van der Waals surface area contributed by atoms with E-state index >= 15 is 0 Å². The predicted molar refractivity (Wildman–Crippen MR) is 172 cm³/mol. The monoisotopic (exact) mass is 730 g/mol. The van der Waals surface area contributed by atoms with Crippen molar-refractivity contribution >= 4 is 65.9 Å². The molecule has 0 radical (unpaired) electrons. The van der Waals surface area contributed by atoms with Crippen molar-refractivity contribution in [3.05, 3.63) is 99.9 Å². The third-order valence-electron chi connectivity index (χ3n) is 7.10. The summed E-state index contributed by atoms with van der Waals surface area (Å²) in [6.07, 6.45) is -2.48. The number of carbonyl (C=O) groups excluding carboxylic acids is 1. The SMILES string of the molecule is COC(=O)[C@@H](Cc1ccccc1OCc1ccnn1CC(F)(F)F)Oc1nsc2cc(-c3nccc4cc(Cl)ccc34)cc(Br)c12. The number of fused-ring (bicyclic) bond motifs is 2. The number of aromatic nitrogens is 4. The smallest absolute Gasteiger partial charge is 0.408 e. The fourth-order valence-corrected chi connectivity index (χ4v) is 6.72. The van der Waals surface area contributed by atoms with Crippen LogP contribution in [0.2, 0.25) is 5.02 Å². The van der Waals surface area contributed by atoms with Crippen LogP contribution in [0.15, 0.2) is 83.6 Å². The third kappa shape index (κ3) is 6.96. The highest BCUT2D eigenvalue weighted by molar-refractivity contribution is 9.10. The Labute approximate surface area is 278 Å². The fraction of sp³-hybridized carbons (Fsp3) is 0.188. The van der Waals surface area contributed by atoms with E-state index in [0.29, 0.717) is 26.2 Å². The third-order valence-corrected chi connectivity index (χ3v) is 8.74. The number of esters is 1. The van der Waals surface area contributed by atoms with Gasteiger partial charge >= 0.3 is 12.1 Å². The standard InChI is InChI=1S/C32H23BrClF3N4O4S/c1-43-31(42)26(14-19-4-2-3-5-25(19)44-16-22-9-11-39-41(22)17-32(35,36)37)45-30-28-24(33)13-20(15-27(28)46-40-30)29-23-7-6-21(34)12-18(23)8-10-38-29/h2-13,15,26H,14,16-17H2,1H3/t26-/m1/s1. The minimum atomic E-state index is -4.43. The summed E-state index contributed by atoms with van der Waals surface area (Å²) in [4.78, 5) is 17.5. The van der Waals surface area contributed by atoms with Crippen LogP contribution in [-0.2, 0) is 29.1 Å². The summed E-state index contributed by atoms with van der Waals surface area (Å²) in [5, 5.41) is 6.95. The molecular weight excluding hydrogens is 709 g/mol. The van der Waals surface area contributed by atoms with Gasteiger partial charge in [0.05, 0.1) is 28.6 Å². The highest BCUT2D eigenvalue weighted by Crippen LogP contribution is 2.40. The Morgan fingerprint density at radius 3 is 2.72 bits per heavy atom. The number of methoxy groups -OCH3 is 1. The van der Waals surface area contributed by atoms with Gasteiger partial charge in [0.25, 0.3) is 0 Å². The number of pyridine rings is 1. The van der Waals surface area contributed by atoms with E-state index in [4.69, 9.17) is 25.8 Å². The van der Waals surface area contributed by atoms with E-state index in [1.807, 2.05) is 36.4 Å². The van der Waals surface area contributed by atoms with Crippen molar-refractivity contribution in [3.8, 4) is 22.9 Å². The van der Waals surface area contributed by atoms with Gasteiger partial charge in [-0.25, -0.2) is 4.79 Å². The summed E-state index contributed by atoms with van der Waals surface area (Å²) in [7, 11) is 1.26. The Morgan fingerprint density at radius 2 is 1.91 bits per heavy atom. The second-order valence-electron chi connectivity index (χ2n) is 10.2. The van der Waals surface area contributed by atoms with Gasteiger partial charge in [0.2, 0.25) is 12.0 Å². The molecule has 8 nitrogen and oxygen atoms in total. The quantitative estimate of drug-likeness (QED) is 0.131. The van der Waals surface area contributed by atoms with Gasteiger partial charge in [-0.2, -0.15) is 22.6 Å². The van der Waals surface area contributed by atoms with Gasteiger partial charge in [0, 0.05) is 39.3 Å². The molecule has 0 aliphatic rings. The topological polar surface area (TPSA) is 88.4 Å². The van der Waals surface area contributed by atoms with Crippen molar-refractivity contribution in [3.63, 3.8) is 0 Å². The zero-order valence-corrected chi connectivity index (χ0v) is 27.1. The number of nitrogens with zero attached hydrogens (tertiary/aromatic N) is 4. The van der Waals surface area contributed by atoms with Crippen LogP contribution in [0.5, 0.6) is 11.6 Å². The van der Waals surface area contributed by atoms with E-state index in [1.165, 1.54) is 30.9 Å². The van der Waals surface area contributed by atoms with Gasteiger partial charge < -0.3 is 14.2 Å². The molecule has 0 unspecified atom stereocenters. The van der Waals surface area contributed by atoms with Crippen molar-refractivity contribution < 1.29 is 32.2 Å². The van der Waals surface area contributed by atoms with E-state index < -0.39 is 24.8 Å². The van der Waals surface area contributed by atoms with Gasteiger partial charge in [-0.1, -0.05) is 35.9 Å². The number of ether oxygens (including phenoxy) is 3. The van der Waals surface area contributed by atoms with Crippen molar-refractivity contribution in [2.75, 3.05) is 7.11 Å². The van der Waals surface area contributed by atoms with E-state index in [-0.39, 0.29) is 24.6 Å². The lowest BCUT2D eigenvalue weighted by Crippen LogP contribution is -2.31. The lowest BCUT2D eigenvalue weighted by Gasteiger charge is -2.18. The van der Waals surface area contributed by atoms with Crippen molar-refractivity contribution in [2.45, 2.75) is 31.9 Å². The molecule has 236 valence electrons. The first kappa shape index (κ1) is 31.8. The highest BCUT2D eigenvalue weighted by Gasteiger charge is 2.30. The lowest BCUT2D eigenvalue weighted by atomic mass is 10.0. The van der Waals surface area contributed by atoms with Crippen molar-refractivity contribution in [1.29, 1.82) is 0 Å². The van der Waals surface area contributed by atoms with Crippen molar-refractivity contribution in [2.24, 2.45) is 0 Å². The fourth-order valence-electron chi connectivity index (χ4n) is 4.99. The minimum Gasteiger partial charge on any atom is -0.487 e. The number of halogens is 5. The molecule has 3 heterocycles. The van der Waals surface area contributed by atoms with E-state index in [0.717, 1.165) is 31.4 Å². The summed E-state index contributed by atoms with van der Waals surface area (Å²) in [5.41, 5.74) is 2.46. The normalized spacial score (nSPS) is 12.4. The molecule has 1 atom stereocenters. The van der Waals surface area contributed by atoms with E-state index in [1.54, 1.807) is 30.5 Å². The van der Waals surface area contributed by atoms with Crippen LogP contribution >= 0.6 is 39.1 Å². The van der Waals surface area contributed by atoms with Crippen LogP contribution in [0, 0.1) is 0 Å². The molecule has 6 rings (SSSR count). The number of hydrogen-bond donors (Lipinski definition) is 0. The number of para-hydroxylation sites is 1. The first-order chi connectivity index (χ1) is 22.1. The van der Waals surface area contributed by atoms with E-state index in [2.05, 4.69) is 30.4 Å². The number of carbonyl (C=O) groups is 1. The van der Waals surface area contributed by atoms with Gasteiger partial charge in [0.15, 0.2) is 0 Å². The van der Waals surface area contributed by atoms with Crippen LogP contribution < -0.4 is 9.47 Å². The first-order valence-corrected chi connectivity index (χ1v) is 15.7. The summed E-state index contributed by atoms with van der Waals surface area (Å²) in [6.45, 7) is -1.40. The Morgan fingerprint density at radius 1 is 1.09 bits per heavy atom. The molecule has 0 spiro atoms. The van der Waals surface area contributed by atoms with Crippen LogP contribution in [0.1, 0.15) is 11.3 Å². The first-order valence-electron chi connectivity index (χ1n) is 13.8. The van der Waals surface area contributed by atoms with Gasteiger partial charge in [-0.3, -0.25) is 9.67 Å². The summed E-state index contributed by atoms with van der Waals surface area (Å²) in [6, 6.07) is 19.8. The van der Waals surface area contributed by atoms with Crippen LogP contribution in [-0.4, -0.2) is 44.5 Å². The molecule has 0 saturated carbocycles. The van der Waals surface area contributed by atoms with Crippen molar-refractivity contribution in [1.82, 2.24) is 19.1 Å². The number of benzene rings is 3. The maximum Gasteiger partial charge on any atom is 0.408 e. The lowest BCUT2D eigenvalue weighted by molar-refractivity contribution is -0.148. The molecule has 0 N–H and O–H groups in total. The summed E-state index contributed by atoms with van der Waals surface area (Å²) in [5.74, 6) is -0.0240. The van der Waals surface area contributed by atoms with Gasteiger partial charge in [-0.15, -0.1) is 0 Å². The Balaban J connectivity index is 1.25. The molecule has 3 aromatic heterocycles. The predicted octanol–water partition coefficient (Wildman–Crippen LogP) is 8.43. The molecule has 0 saturated heterocycles. The Kier molecular flexibility index (Phi) is 9.16. The zero-order valence-electron chi connectivity index (χ0n) is 23.9. The molecular formula is C32H23BrClF3N4O4S. The van der Waals surface area contributed by atoms with Crippen LogP contribution in [0.3, 0.4) is 0 Å². The van der Waals surface area contributed by atoms with Crippen LogP contribution in [0.25, 0.3) is 32.1 Å². The number of hydrogen-bond acceptors (Lipinski definition) is 8. The number of alkyl halides is 3. The zero-order chi connectivity index (χ0) is 32.4. The average Bonchev–Trinajstić information content (AvgIpc) is 3.64. The maximum absolute atomic E-state index is 12.9. The molecule has 6 aromatic rings. The molecule has 0 amide bonds. The molecule has 14 heteroatoms. The minimum absolute atomic E-state index is 0.0435. The maximum atomic E-state index is 12.9. The van der Waals surface area contributed by atoms with E-state index in [9.17, 15) is 18.0 Å². The second-order valence-corrected chi connectivity index (χ2v) is 12.3. The molecule has 46 heavy (non-hydrogen) atoms. The summed E-state index contributed by atoms with van der Waals surface area (Å²) >= 11 is 11.1. The molecule has 0 aliphatic heterocycles. The Hall–Kier alpha value is -4.20. The Bertz CT molecular complexity index is 2050. The molecule has 0 fully saturated rings. The average molecular weight is 732 g/mol. The van der Waals surface area contributed by atoms with Gasteiger partial charge in [-0.05, 0) is 80.9 Å². The molecule has 0 aliphatic carbocycles. The number of rotatable bonds is 10. The molecule has 3 aromatic carbocycles. The van der Waals surface area contributed by atoms with Gasteiger partial charge in [0.1, 0.15) is 18.9 Å². The molecule has 0 bridgehead atoms. The second kappa shape index (κ2) is 13.3. The van der Waals surface area contributed by atoms with Crippen LogP contribution in [0.4, 0.5) is 13.2 Å².